The van der Waals surface area contributed by atoms with Crippen molar-refractivity contribution < 1.29 is 4.79 Å². The molecule has 4 heteroatoms. The highest BCUT2D eigenvalue weighted by atomic mass is 32.1. The van der Waals surface area contributed by atoms with E-state index in [2.05, 4.69) is 4.98 Å². The number of nitriles is 1. The number of hydrogen-bond acceptors (Lipinski definition) is 4. The van der Waals surface area contributed by atoms with E-state index in [0.717, 1.165) is 5.69 Å². The number of allylic oxidation sites excluding steroid dienone is 1. The molecule has 0 aliphatic heterocycles. The highest BCUT2D eigenvalue weighted by Crippen LogP contribution is 2.08. The van der Waals surface area contributed by atoms with Crippen LogP contribution in [0.15, 0.2) is 11.5 Å². The molecule has 0 aromatic carbocycles. The van der Waals surface area contributed by atoms with Crippen LogP contribution in [-0.2, 0) is 0 Å². The predicted molar refractivity (Wildman–Crippen MR) is 46.8 cm³/mol. The lowest BCUT2D eigenvalue weighted by molar-refractivity contribution is 0.112. The minimum Gasteiger partial charge on any atom is -0.295 e. The van der Waals surface area contributed by atoms with Crippen LogP contribution in [0.2, 0.25) is 0 Å². The van der Waals surface area contributed by atoms with Crippen molar-refractivity contribution >= 4 is 23.7 Å². The zero-order valence-corrected chi connectivity index (χ0v) is 7.04. The van der Waals surface area contributed by atoms with Gasteiger partial charge in [0.15, 0.2) is 11.3 Å². The third-order valence-electron chi connectivity index (χ3n) is 1.14. The van der Waals surface area contributed by atoms with Gasteiger partial charge in [-0.3, -0.25) is 4.79 Å². The first-order valence-electron chi connectivity index (χ1n) is 3.31. The van der Waals surface area contributed by atoms with Crippen LogP contribution in [-0.4, -0.2) is 11.3 Å². The minimum absolute atomic E-state index is 0.369. The Bertz CT molecular complexity index is 335. The fourth-order valence-electron chi connectivity index (χ4n) is 0.664. The van der Waals surface area contributed by atoms with Gasteiger partial charge in [-0.2, -0.15) is 5.26 Å². The van der Waals surface area contributed by atoms with Gasteiger partial charge in [0.2, 0.25) is 0 Å². The van der Waals surface area contributed by atoms with Crippen molar-refractivity contribution in [2.75, 3.05) is 0 Å². The molecule has 0 aliphatic rings. The molecule has 0 amide bonds. The van der Waals surface area contributed by atoms with E-state index in [-0.39, 0.29) is 0 Å². The average Bonchev–Trinajstić information content (AvgIpc) is 2.53. The van der Waals surface area contributed by atoms with Crippen LogP contribution < -0.4 is 0 Å². The molecule has 0 saturated heterocycles. The third-order valence-corrected chi connectivity index (χ3v) is 1.93. The fraction of sp³-hybridized carbons (Fsp3) is 0.125. The highest BCUT2D eigenvalue weighted by Gasteiger charge is 1.95. The minimum atomic E-state index is 0.369. The molecule has 0 N–H and O–H groups in total. The molecule has 0 radical (unpaired) electrons. The number of nitrogens with zero attached hydrogens (tertiary/aromatic N) is 2. The number of thiazole rings is 1. The molecule has 3 nitrogen and oxygen atoms in total. The number of carbonyl (C=O) groups is 1. The lowest BCUT2D eigenvalue weighted by Gasteiger charge is -1.78. The smallest absolute Gasteiger partial charge is 0.178 e. The number of rotatable bonds is 3. The van der Waals surface area contributed by atoms with Crippen LogP contribution in [0.3, 0.4) is 0 Å². The molecule has 0 fully saturated rings. The Morgan fingerprint density at radius 1 is 1.75 bits per heavy atom. The topological polar surface area (TPSA) is 53.8 Å². The largest absolute Gasteiger partial charge is 0.295 e. The Hall–Kier alpha value is -1.47. The molecule has 0 unspecified atom stereocenters. The first kappa shape index (κ1) is 8.62. The zero-order valence-electron chi connectivity index (χ0n) is 6.23. The van der Waals surface area contributed by atoms with E-state index in [0.29, 0.717) is 17.7 Å². The van der Waals surface area contributed by atoms with E-state index in [1.807, 2.05) is 6.07 Å². The highest BCUT2D eigenvalue weighted by molar-refractivity contribution is 7.11. The van der Waals surface area contributed by atoms with Gasteiger partial charge in [0.1, 0.15) is 0 Å². The standard InChI is InChI=1S/C8H6N2OS/c9-4-2-1-3-7-6-12-8(5-11)10-7/h1,3,5-6H,2H2. The monoisotopic (exact) mass is 178 g/mol. The van der Waals surface area contributed by atoms with Gasteiger partial charge in [0.05, 0.1) is 18.2 Å². The molecule has 12 heavy (non-hydrogen) atoms. The summed E-state index contributed by atoms with van der Waals surface area (Å²) in [7, 11) is 0. The van der Waals surface area contributed by atoms with Crippen LogP contribution in [0.1, 0.15) is 21.9 Å². The first-order chi connectivity index (χ1) is 5.86. The predicted octanol–water partition coefficient (Wildman–Crippen LogP) is 1.88. The summed E-state index contributed by atoms with van der Waals surface area (Å²) in [4.78, 5) is 14.2. The normalized spacial score (nSPS) is 9.92. The maximum Gasteiger partial charge on any atom is 0.178 e. The van der Waals surface area contributed by atoms with Crippen molar-refractivity contribution in [1.29, 1.82) is 5.26 Å². The van der Waals surface area contributed by atoms with Crippen LogP contribution >= 0.6 is 11.3 Å². The Morgan fingerprint density at radius 2 is 2.58 bits per heavy atom. The number of aldehydes is 1. The third kappa shape index (κ3) is 2.29. The Morgan fingerprint density at radius 3 is 3.17 bits per heavy atom. The molecule has 0 spiro atoms. The Balaban J connectivity index is 2.65. The van der Waals surface area contributed by atoms with Gasteiger partial charge in [0.25, 0.3) is 0 Å². The van der Waals surface area contributed by atoms with E-state index in [4.69, 9.17) is 5.26 Å². The summed E-state index contributed by atoms with van der Waals surface area (Å²) in [5, 5.41) is 10.5. The van der Waals surface area contributed by atoms with Crippen molar-refractivity contribution in [2.45, 2.75) is 6.42 Å². The van der Waals surface area contributed by atoms with Gasteiger partial charge in [-0.05, 0) is 6.08 Å². The van der Waals surface area contributed by atoms with Crippen molar-refractivity contribution in [1.82, 2.24) is 4.98 Å². The summed E-state index contributed by atoms with van der Waals surface area (Å²) in [5.74, 6) is 0. The van der Waals surface area contributed by atoms with E-state index in [1.54, 1.807) is 17.5 Å². The lowest BCUT2D eigenvalue weighted by atomic mass is 10.3. The number of hydrogen-bond donors (Lipinski definition) is 0. The summed E-state index contributed by atoms with van der Waals surface area (Å²) in [5.41, 5.74) is 0.734. The summed E-state index contributed by atoms with van der Waals surface area (Å²) in [6.07, 6.45) is 4.52. The van der Waals surface area contributed by atoms with Crippen LogP contribution in [0.25, 0.3) is 6.08 Å². The van der Waals surface area contributed by atoms with Gasteiger partial charge in [0, 0.05) is 5.38 Å². The molecule has 60 valence electrons. The summed E-state index contributed by atoms with van der Waals surface area (Å²) < 4.78 is 0. The Kier molecular flexibility index (Phi) is 3.17. The van der Waals surface area contributed by atoms with E-state index < -0.39 is 0 Å². The number of carbonyl (C=O) groups excluding carboxylic acids is 1. The van der Waals surface area contributed by atoms with Gasteiger partial charge >= 0.3 is 0 Å². The van der Waals surface area contributed by atoms with Gasteiger partial charge in [-0.15, -0.1) is 11.3 Å². The maximum absolute atomic E-state index is 10.2. The van der Waals surface area contributed by atoms with Crippen molar-refractivity contribution in [3.05, 3.63) is 22.2 Å². The molecule has 0 saturated carbocycles. The van der Waals surface area contributed by atoms with Crippen LogP contribution in [0, 0.1) is 11.3 Å². The molecule has 0 atom stereocenters. The van der Waals surface area contributed by atoms with Gasteiger partial charge < -0.3 is 0 Å². The molecule has 1 aromatic heterocycles. The average molecular weight is 178 g/mol. The maximum atomic E-state index is 10.2. The molecular weight excluding hydrogens is 172 g/mol. The first-order valence-corrected chi connectivity index (χ1v) is 4.19. The van der Waals surface area contributed by atoms with Crippen LogP contribution in [0.5, 0.6) is 0 Å². The van der Waals surface area contributed by atoms with E-state index in [1.165, 1.54) is 11.3 Å². The second-order valence-electron chi connectivity index (χ2n) is 1.99. The second-order valence-corrected chi connectivity index (χ2v) is 2.88. The van der Waals surface area contributed by atoms with Crippen LogP contribution in [0.4, 0.5) is 0 Å². The second kappa shape index (κ2) is 4.42. The van der Waals surface area contributed by atoms with E-state index >= 15 is 0 Å². The summed E-state index contributed by atoms with van der Waals surface area (Å²) in [6.45, 7) is 0. The van der Waals surface area contributed by atoms with Crippen molar-refractivity contribution in [3.63, 3.8) is 0 Å². The lowest BCUT2D eigenvalue weighted by Crippen LogP contribution is -1.76. The quantitative estimate of drug-likeness (QED) is 0.664. The molecule has 0 aliphatic carbocycles. The fourth-order valence-corrected chi connectivity index (χ4v) is 1.25. The van der Waals surface area contributed by atoms with E-state index in [9.17, 15) is 4.79 Å². The SMILES string of the molecule is N#CCC=Cc1csc(C=O)n1. The molecule has 0 bridgehead atoms. The zero-order chi connectivity index (χ0) is 8.81. The van der Waals surface area contributed by atoms with Gasteiger partial charge in [-0.1, -0.05) is 6.08 Å². The molecular formula is C8H6N2OS. The van der Waals surface area contributed by atoms with Crippen molar-refractivity contribution in [2.24, 2.45) is 0 Å². The summed E-state index contributed by atoms with van der Waals surface area (Å²) >= 11 is 1.29. The number of aromatic nitrogens is 1. The molecule has 1 rings (SSSR count). The van der Waals surface area contributed by atoms with Crippen molar-refractivity contribution in [3.8, 4) is 6.07 Å². The molecule has 1 heterocycles. The Labute approximate surface area is 74.0 Å². The summed E-state index contributed by atoms with van der Waals surface area (Å²) in [6, 6.07) is 1.98. The molecule has 1 aromatic rings. The van der Waals surface area contributed by atoms with Gasteiger partial charge in [-0.25, -0.2) is 4.98 Å².